The van der Waals surface area contributed by atoms with Crippen LogP contribution < -0.4 is 15.5 Å². The van der Waals surface area contributed by atoms with Crippen LogP contribution in [-0.4, -0.2) is 23.0 Å². The van der Waals surface area contributed by atoms with E-state index < -0.39 is 6.04 Å². The number of hydrogen-bond donors (Lipinski definition) is 2. The minimum Gasteiger partial charge on any atom is -0.350 e. The Bertz CT molecular complexity index is 1190. The second-order valence-corrected chi connectivity index (χ2v) is 8.52. The fraction of sp³-hybridized carbons (Fsp3) is 0.160. The number of halogens is 2. The molecule has 1 aliphatic heterocycles. The van der Waals surface area contributed by atoms with E-state index in [2.05, 4.69) is 10.6 Å². The smallest absolute Gasteiger partial charge is 0.256 e. The molecule has 1 aliphatic rings. The SMILES string of the molecule is O=C(CC1NC(=S)N(c2ccc(F)c(CCc3ccc(Cl)cc3)c2)C1=O)Nc1ccccc1. The number of thiocarbonyl (C=S) groups is 1. The number of carbonyl (C=O) groups excluding carboxylic acids is 2. The summed E-state index contributed by atoms with van der Waals surface area (Å²) >= 11 is 11.3. The number of nitrogens with zero attached hydrogens (tertiary/aromatic N) is 1. The van der Waals surface area contributed by atoms with Crippen LogP contribution in [0.25, 0.3) is 0 Å². The summed E-state index contributed by atoms with van der Waals surface area (Å²) in [5.74, 6) is -1.00. The fourth-order valence-electron chi connectivity index (χ4n) is 3.65. The average molecular weight is 482 g/mol. The highest BCUT2D eigenvalue weighted by atomic mass is 35.5. The molecule has 33 heavy (non-hydrogen) atoms. The Hall–Kier alpha value is -3.29. The molecule has 1 atom stereocenters. The fourth-order valence-corrected chi connectivity index (χ4v) is 4.12. The van der Waals surface area contributed by atoms with Crippen molar-refractivity contribution in [2.75, 3.05) is 10.2 Å². The predicted octanol–water partition coefficient (Wildman–Crippen LogP) is 4.88. The molecule has 1 fully saturated rings. The summed E-state index contributed by atoms with van der Waals surface area (Å²) in [6.07, 6.45) is 0.998. The zero-order valence-corrected chi connectivity index (χ0v) is 19.1. The third kappa shape index (κ3) is 5.56. The molecule has 0 radical (unpaired) electrons. The minimum absolute atomic E-state index is 0.0744. The van der Waals surface area contributed by atoms with E-state index in [4.69, 9.17) is 23.8 Å². The molecular formula is C25H21ClFN3O2S. The van der Waals surface area contributed by atoms with Gasteiger partial charge in [-0.3, -0.25) is 14.5 Å². The second kappa shape index (κ2) is 10.1. The second-order valence-electron chi connectivity index (χ2n) is 7.70. The molecule has 0 bridgehead atoms. The Morgan fingerprint density at radius 3 is 2.52 bits per heavy atom. The van der Waals surface area contributed by atoms with Crippen molar-refractivity contribution < 1.29 is 14.0 Å². The van der Waals surface area contributed by atoms with Crippen molar-refractivity contribution in [2.45, 2.75) is 25.3 Å². The van der Waals surface area contributed by atoms with Crippen molar-refractivity contribution in [3.8, 4) is 0 Å². The lowest BCUT2D eigenvalue weighted by Crippen LogP contribution is -2.34. The molecule has 0 saturated carbocycles. The Labute approximate surface area is 201 Å². The molecule has 0 aromatic heterocycles. The van der Waals surface area contributed by atoms with Crippen LogP contribution in [0.1, 0.15) is 17.5 Å². The van der Waals surface area contributed by atoms with Crippen LogP contribution in [0.15, 0.2) is 72.8 Å². The van der Waals surface area contributed by atoms with Crippen molar-refractivity contribution in [3.05, 3.63) is 94.8 Å². The van der Waals surface area contributed by atoms with Gasteiger partial charge in [-0.05, 0) is 78.7 Å². The van der Waals surface area contributed by atoms with Gasteiger partial charge in [0.15, 0.2) is 5.11 Å². The van der Waals surface area contributed by atoms with Gasteiger partial charge in [-0.1, -0.05) is 41.9 Å². The molecule has 168 valence electrons. The third-order valence-electron chi connectivity index (χ3n) is 5.35. The highest BCUT2D eigenvalue weighted by Gasteiger charge is 2.37. The molecular weight excluding hydrogens is 461 g/mol. The molecule has 2 N–H and O–H groups in total. The van der Waals surface area contributed by atoms with E-state index in [1.54, 1.807) is 30.3 Å². The Morgan fingerprint density at radius 2 is 1.79 bits per heavy atom. The van der Waals surface area contributed by atoms with Gasteiger partial charge in [0.05, 0.1) is 12.1 Å². The molecule has 4 rings (SSSR count). The largest absolute Gasteiger partial charge is 0.350 e. The van der Waals surface area contributed by atoms with Crippen LogP contribution >= 0.6 is 23.8 Å². The summed E-state index contributed by atoms with van der Waals surface area (Å²) in [7, 11) is 0. The third-order valence-corrected chi connectivity index (χ3v) is 5.90. The number of hydrogen-bond acceptors (Lipinski definition) is 3. The van der Waals surface area contributed by atoms with E-state index in [0.717, 1.165) is 5.56 Å². The maximum absolute atomic E-state index is 14.4. The average Bonchev–Trinajstić information content (AvgIpc) is 3.07. The van der Waals surface area contributed by atoms with Gasteiger partial charge in [-0.15, -0.1) is 0 Å². The zero-order valence-electron chi connectivity index (χ0n) is 17.6. The number of amides is 2. The molecule has 8 heteroatoms. The highest BCUT2D eigenvalue weighted by Crippen LogP contribution is 2.25. The normalized spacial score (nSPS) is 15.5. The summed E-state index contributed by atoms with van der Waals surface area (Å²) in [5, 5.41) is 6.50. The zero-order chi connectivity index (χ0) is 23.4. The van der Waals surface area contributed by atoms with Crippen molar-refractivity contribution >= 4 is 52.1 Å². The number of nitrogens with one attached hydrogen (secondary N) is 2. The lowest BCUT2D eigenvalue weighted by molar-refractivity contribution is -0.122. The molecule has 1 saturated heterocycles. The standard InChI is InChI=1S/C25H21ClFN3O2S/c26-18-10-7-16(8-11-18)6-9-17-14-20(12-13-21(17)27)30-24(32)22(29-25(30)33)15-23(31)28-19-4-2-1-3-5-19/h1-5,7-8,10-14,22H,6,9,15H2,(H,28,31)(H,29,33). The molecule has 0 spiro atoms. The predicted molar refractivity (Wildman–Crippen MR) is 132 cm³/mol. The number of anilines is 2. The van der Waals surface area contributed by atoms with Crippen LogP contribution in [0, 0.1) is 5.82 Å². The Balaban J connectivity index is 1.44. The summed E-state index contributed by atoms with van der Waals surface area (Å²) in [6, 6.07) is 20.1. The van der Waals surface area contributed by atoms with Crippen molar-refractivity contribution in [1.82, 2.24) is 5.32 Å². The number of carbonyl (C=O) groups is 2. The van der Waals surface area contributed by atoms with Gasteiger partial charge >= 0.3 is 0 Å². The van der Waals surface area contributed by atoms with Gasteiger partial charge in [0.25, 0.3) is 5.91 Å². The van der Waals surface area contributed by atoms with E-state index in [1.807, 2.05) is 30.3 Å². The van der Waals surface area contributed by atoms with Gasteiger partial charge in [-0.25, -0.2) is 4.39 Å². The van der Waals surface area contributed by atoms with Gasteiger partial charge in [0.2, 0.25) is 5.91 Å². The van der Waals surface area contributed by atoms with Crippen LogP contribution in [0.4, 0.5) is 15.8 Å². The maximum Gasteiger partial charge on any atom is 0.256 e. The first kappa shape index (κ1) is 22.9. The highest BCUT2D eigenvalue weighted by molar-refractivity contribution is 7.80. The first-order valence-electron chi connectivity index (χ1n) is 10.4. The van der Waals surface area contributed by atoms with Crippen LogP contribution in [-0.2, 0) is 22.4 Å². The Kier molecular flexibility index (Phi) is 7.01. The van der Waals surface area contributed by atoms with Gasteiger partial charge in [0, 0.05) is 10.7 Å². The van der Waals surface area contributed by atoms with E-state index in [-0.39, 0.29) is 29.2 Å². The first-order valence-corrected chi connectivity index (χ1v) is 11.2. The van der Waals surface area contributed by atoms with E-state index in [1.165, 1.54) is 17.0 Å². The lowest BCUT2D eigenvalue weighted by Gasteiger charge is -2.16. The number of rotatable bonds is 7. The number of para-hydroxylation sites is 1. The van der Waals surface area contributed by atoms with Gasteiger partial charge < -0.3 is 10.6 Å². The summed E-state index contributed by atoms with van der Waals surface area (Å²) in [5.41, 5.74) is 2.62. The van der Waals surface area contributed by atoms with Gasteiger partial charge in [0.1, 0.15) is 11.9 Å². The van der Waals surface area contributed by atoms with Crippen LogP contribution in [0.5, 0.6) is 0 Å². The molecule has 2 amide bonds. The number of benzene rings is 3. The van der Waals surface area contributed by atoms with E-state index in [9.17, 15) is 14.0 Å². The molecule has 5 nitrogen and oxygen atoms in total. The van der Waals surface area contributed by atoms with Crippen LogP contribution in [0.3, 0.4) is 0 Å². The molecule has 0 aliphatic carbocycles. The molecule has 1 unspecified atom stereocenters. The van der Waals surface area contributed by atoms with E-state index >= 15 is 0 Å². The lowest BCUT2D eigenvalue weighted by atomic mass is 10.0. The maximum atomic E-state index is 14.4. The Morgan fingerprint density at radius 1 is 1.06 bits per heavy atom. The van der Waals surface area contributed by atoms with E-state index in [0.29, 0.717) is 34.8 Å². The quantitative estimate of drug-likeness (QED) is 0.472. The summed E-state index contributed by atoms with van der Waals surface area (Å²) < 4.78 is 14.4. The monoisotopic (exact) mass is 481 g/mol. The van der Waals surface area contributed by atoms with Crippen LogP contribution in [0.2, 0.25) is 5.02 Å². The number of aryl methyl sites for hydroxylation is 2. The summed E-state index contributed by atoms with van der Waals surface area (Å²) in [6.45, 7) is 0. The molecule has 1 heterocycles. The van der Waals surface area contributed by atoms with Crippen molar-refractivity contribution in [1.29, 1.82) is 0 Å². The van der Waals surface area contributed by atoms with Crippen molar-refractivity contribution in [3.63, 3.8) is 0 Å². The van der Waals surface area contributed by atoms with Gasteiger partial charge in [-0.2, -0.15) is 0 Å². The molecule has 3 aromatic carbocycles. The topological polar surface area (TPSA) is 61.4 Å². The summed E-state index contributed by atoms with van der Waals surface area (Å²) in [4.78, 5) is 26.7. The van der Waals surface area contributed by atoms with Crippen molar-refractivity contribution in [2.24, 2.45) is 0 Å². The molecule has 3 aromatic rings. The minimum atomic E-state index is -0.788. The first-order chi connectivity index (χ1) is 15.9.